The summed E-state index contributed by atoms with van der Waals surface area (Å²) in [5, 5.41) is 1.84. The van der Waals surface area contributed by atoms with E-state index in [2.05, 4.69) is 6.92 Å². The van der Waals surface area contributed by atoms with E-state index in [1.807, 2.05) is 25.3 Å². The molecule has 1 aliphatic rings. The molecule has 0 aliphatic heterocycles. The van der Waals surface area contributed by atoms with Crippen LogP contribution in [0.3, 0.4) is 0 Å². The van der Waals surface area contributed by atoms with Crippen molar-refractivity contribution in [3.05, 3.63) is 16.3 Å². The number of rotatable bonds is 4. The SMILES string of the molecule is COC(=O)c1sccc1N(C(=O)[C@H]1CC[C@H](C)CC1)C(C)C. The number of carbonyl (C=O) groups excluding carboxylic acids is 2. The zero-order valence-corrected chi connectivity index (χ0v) is 14.6. The summed E-state index contributed by atoms with van der Waals surface area (Å²) in [5.74, 6) is 0.554. The van der Waals surface area contributed by atoms with Gasteiger partial charge in [-0.25, -0.2) is 4.79 Å². The minimum atomic E-state index is -0.374. The first-order valence-corrected chi connectivity index (χ1v) is 8.82. The maximum absolute atomic E-state index is 13.0. The van der Waals surface area contributed by atoms with Gasteiger partial charge in [-0.2, -0.15) is 0 Å². The number of esters is 1. The second-order valence-corrected chi connectivity index (χ2v) is 7.30. The Kier molecular flexibility index (Phi) is 5.62. The van der Waals surface area contributed by atoms with Crippen molar-refractivity contribution in [3.63, 3.8) is 0 Å². The van der Waals surface area contributed by atoms with Gasteiger partial charge in [-0.3, -0.25) is 4.79 Å². The summed E-state index contributed by atoms with van der Waals surface area (Å²) in [6, 6.07) is 1.87. The summed E-state index contributed by atoms with van der Waals surface area (Å²) in [6.45, 7) is 6.22. The molecule has 0 radical (unpaired) electrons. The topological polar surface area (TPSA) is 46.6 Å². The minimum Gasteiger partial charge on any atom is -0.465 e. The van der Waals surface area contributed by atoms with Gasteiger partial charge in [-0.1, -0.05) is 6.92 Å². The van der Waals surface area contributed by atoms with Crippen LogP contribution in [0.5, 0.6) is 0 Å². The van der Waals surface area contributed by atoms with Crippen molar-refractivity contribution in [3.8, 4) is 0 Å². The zero-order chi connectivity index (χ0) is 16.3. The lowest BCUT2D eigenvalue weighted by atomic mass is 9.82. The molecule has 22 heavy (non-hydrogen) atoms. The van der Waals surface area contributed by atoms with E-state index >= 15 is 0 Å². The van der Waals surface area contributed by atoms with Gasteiger partial charge in [-0.05, 0) is 56.9 Å². The Morgan fingerprint density at radius 3 is 2.45 bits per heavy atom. The molecule has 1 aliphatic carbocycles. The summed E-state index contributed by atoms with van der Waals surface area (Å²) in [6.07, 6.45) is 4.10. The van der Waals surface area contributed by atoms with Crippen molar-refractivity contribution in [2.45, 2.75) is 52.5 Å². The lowest BCUT2D eigenvalue weighted by molar-refractivity contribution is -0.123. The van der Waals surface area contributed by atoms with Gasteiger partial charge in [0.05, 0.1) is 12.8 Å². The molecule has 0 N–H and O–H groups in total. The fourth-order valence-electron chi connectivity index (χ4n) is 3.09. The molecule has 1 saturated carbocycles. The predicted octanol–water partition coefficient (Wildman–Crippen LogP) is 4.10. The normalized spacial score (nSPS) is 21.7. The first-order chi connectivity index (χ1) is 10.5. The molecule has 5 heteroatoms. The van der Waals surface area contributed by atoms with Gasteiger partial charge in [0.25, 0.3) is 0 Å². The van der Waals surface area contributed by atoms with Crippen LogP contribution in [-0.2, 0) is 9.53 Å². The molecule has 0 unspecified atom stereocenters. The number of hydrogen-bond donors (Lipinski definition) is 0. The molecule has 122 valence electrons. The van der Waals surface area contributed by atoms with Crippen molar-refractivity contribution < 1.29 is 14.3 Å². The monoisotopic (exact) mass is 323 g/mol. The average Bonchev–Trinajstić information content (AvgIpc) is 2.96. The summed E-state index contributed by atoms with van der Waals surface area (Å²) in [5.41, 5.74) is 0.690. The largest absolute Gasteiger partial charge is 0.465 e. The Balaban J connectivity index is 2.25. The molecule has 0 aromatic carbocycles. The first kappa shape index (κ1) is 17.0. The van der Waals surface area contributed by atoms with Crippen LogP contribution in [0.25, 0.3) is 0 Å². The molecular weight excluding hydrogens is 298 g/mol. The zero-order valence-electron chi connectivity index (χ0n) is 13.8. The van der Waals surface area contributed by atoms with Crippen LogP contribution in [0.15, 0.2) is 11.4 Å². The predicted molar refractivity (Wildman–Crippen MR) is 89.4 cm³/mol. The molecule has 0 spiro atoms. The number of thiophene rings is 1. The molecule has 0 saturated heterocycles. The van der Waals surface area contributed by atoms with E-state index in [0.29, 0.717) is 16.5 Å². The molecule has 2 rings (SSSR count). The van der Waals surface area contributed by atoms with Gasteiger partial charge >= 0.3 is 5.97 Å². The molecule has 1 aromatic rings. The van der Waals surface area contributed by atoms with Crippen molar-refractivity contribution in [1.82, 2.24) is 0 Å². The van der Waals surface area contributed by atoms with Crippen LogP contribution in [0.2, 0.25) is 0 Å². The maximum Gasteiger partial charge on any atom is 0.350 e. The van der Waals surface area contributed by atoms with Crippen LogP contribution in [0.4, 0.5) is 5.69 Å². The Hall–Kier alpha value is -1.36. The number of carbonyl (C=O) groups is 2. The Bertz CT molecular complexity index is 530. The Labute approximate surface area is 136 Å². The van der Waals surface area contributed by atoms with E-state index in [1.165, 1.54) is 18.4 Å². The fraction of sp³-hybridized carbons (Fsp3) is 0.647. The van der Waals surface area contributed by atoms with E-state index < -0.39 is 0 Å². The van der Waals surface area contributed by atoms with Gasteiger partial charge in [0.2, 0.25) is 5.91 Å². The van der Waals surface area contributed by atoms with Crippen molar-refractivity contribution in [2.75, 3.05) is 12.0 Å². The number of ether oxygens (including phenoxy) is 1. The molecule has 4 nitrogen and oxygen atoms in total. The average molecular weight is 323 g/mol. The van der Waals surface area contributed by atoms with Gasteiger partial charge in [-0.15, -0.1) is 11.3 Å². The second kappa shape index (κ2) is 7.27. The fourth-order valence-corrected chi connectivity index (χ4v) is 3.89. The Morgan fingerprint density at radius 1 is 1.27 bits per heavy atom. The van der Waals surface area contributed by atoms with Crippen molar-refractivity contribution >= 4 is 28.9 Å². The number of methoxy groups -OCH3 is 1. The Morgan fingerprint density at radius 2 is 1.91 bits per heavy atom. The second-order valence-electron chi connectivity index (χ2n) is 6.39. The molecule has 0 atom stereocenters. The number of anilines is 1. The number of amides is 1. The molecule has 1 aromatic heterocycles. The third kappa shape index (κ3) is 3.51. The summed E-state index contributed by atoms with van der Waals surface area (Å²) < 4.78 is 4.84. The summed E-state index contributed by atoms with van der Waals surface area (Å²) in [7, 11) is 1.37. The highest BCUT2D eigenvalue weighted by Gasteiger charge is 2.32. The smallest absolute Gasteiger partial charge is 0.350 e. The van der Waals surface area contributed by atoms with Gasteiger partial charge in [0, 0.05) is 12.0 Å². The van der Waals surface area contributed by atoms with Gasteiger partial charge in [0.1, 0.15) is 4.88 Å². The van der Waals surface area contributed by atoms with Crippen LogP contribution in [-0.4, -0.2) is 25.0 Å². The van der Waals surface area contributed by atoms with Crippen LogP contribution in [0.1, 0.15) is 56.1 Å². The molecule has 0 bridgehead atoms. The quantitative estimate of drug-likeness (QED) is 0.784. The van der Waals surface area contributed by atoms with E-state index in [0.717, 1.165) is 25.7 Å². The van der Waals surface area contributed by atoms with E-state index in [-0.39, 0.29) is 23.8 Å². The molecule has 1 fully saturated rings. The maximum atomic E-state index is 13.0. The standard InChI is InChI=1S/C17H25NO3S/c1-11(2)18(14-9-10-22-15(14)17(20)21-4)16(19)13-7-5-12(3)6-8-13/h9-13H,5-8H2,1-4H3/t12-,13-. The van der Waals surface area contributed by atoms with Crippen molar-refractivity contribution in [2.24, 2.45) is 11.8 Å². The van der Waals surface area contributed by atoms with Crippen LogP contribution >= 0.6 is 11.3 Å². The first-order valence-electron chi connectivity index (χ1n) is 7.94. The lowest BCUT2D eigenvalue weighted by Crippen LogP contribution is -2.42. The third-order valence-electron chi connectivity index (χ3n) is 4.39. The molecule has 1 heterocycles. The summed E-state index contributed by atoms with van der Waals surface area (Å²) in [4.78, 5) is 27.2. The van der Waals surface area contributed by atoms with E-state index in [4.69, 9.17) is 4.74 Å². The number of nitrogens with zero attached hydrogens (tertiary/aromatic N) is 1. The van der Waals surface area contributed by atoms with E-state index in [1.54, 1.807) is 4.90 Å². The highest BCUT2D eigenvalue weighted by molar-refractivity contribution is 7.12. The van der Waals surface area contributed by atoms with Gasteiger partial charge < -0.3 is 9.64 Å². The van der Waals surface area contributed by atoms with E-state index in [9.17, 15) is 9.59 Å². The number of hydrogen-bond acceptors (Lipinski definition) is 4. The van der Waals surface area contributed by atoms with Gasteiger partial charge in [0.15, 0.2) is 0 Å². The lowest BCUT2D eigenvalue weighted by Gasteiger charge is -2.33. The molecule has 1 amide bonds. The highest BCUT2D eigenvalue weighted by Crippen LogP contribution is 2.34. The highest BCUT2D eigenvalue weighted by atomic mass is 32.1. The van der Waals surface area contributed by atoms with Crippen LogP contribution < -0.4 is 4.90 Å². The summed E-state index contributed by atoms with van der Waals surface area (Å²) >= 11 is 1.32. The van der Waals surface area contributed by atoms with Crippen LogP contribution in [0, 0.1) is 11.8 Å². The third-order valence-corrected chi connectivity index (χ3v) is 5.28. The van der Waals surface area contributed by atoms with Crippen molar-refractivity contribution in [1.29, 1.82) is 0 Å². The minimum absolute atomic E-state index is 0.0184. The molecular formula is C17H25NO3S.